The zero-order valence-electron chi connectivity index (χ0n) is 15.4. The first-order valence-corrected chi connectivity index (χ1v) is 10.5. The lowest BCUT2D eigenvalue weighted by atomic mass is 9.79. The average molecular weight is 388 g/mol. The summed E-state index contributed by atoms with van der Waals surface area (Å²) in [6.45, 7) is 3.54. The second kappa shape index (κ2) is 8.41. The molecule has 1 saturated carbocycles. The molecule has 8 heteroatoms. The van der Waals surface area contributed by atoms with Crippen molar-refractivity contribution in [2.75, 3.05) is 26.3 Å². The number of nitrogens with one attached hydrogen (secondary N) is 1. The Labute approximate surface area is 163 Å². The van der Waals surface area contributed by atoms with E-state index in [2.05, 4.69) is 25.2 Å². The standard InChI is InChI=1S/C19H25N5O2S/c25-18(19(4-2-1-3-5-19)24-8-10-26-11-9-24)22-12-15-14-27-17(23-15)16-13-20-6-7-21-16/h6-7,13-14H,1-5,8-12H2,(H,22,25). The minimum Gasteiger partial charge on any atom is -0.379 e. The summed E-state index contributed by atoms with van der Waals surface area (Å²) in [7, 11) is 0. The third-order valence-electron chi connectivity index (χ3n) is 5.48. The summed E-state index contributed by atoms with van der Waals surface area (Å²) in [4.78, 5) is 28.5. The molecule has 2 aromatic heterocycles. The summed E-state index contributed by atoms with van der Waals surface area (Å²) in [5.41, 5.74) is 1.24. The second-order valence-corrected chi connectivity index (χ2v) is 7.97. The van der Waals surface area contributed by atoms with Crippen molar-refractivity contribution in [2.24, 2.45) is 0 Å². The van der Waals surface area contributed by atoms with Gasteiger partial charge < -0.3 is 10.1 Å². The Balaban J connectivity index is 1.43. The normalized spacial score (nSPS) is 20.3. The van der Waals surface area contributed by atoms with E-state index in [-0.39, 0.29) is 11.4 Å². The van der Waals surface area contributed by atoms with E-state index in [1.807, 2.05) is 5.38 Å². The Kier molecular flexibility index (Phi) is 5.75. The van der Waals surface area contributed by atoms with Crippen LogP contribution >= 0.6 is 11.3 Å². The van der Waals surface area contributed by atoms with E-state index in [4.69, 9.17) is 4.74 Å². The van der Waals surface area contributed by atoms with E-state index < -0.39 is 0 Å². The summed E-state index contributed by atoms with van der Waals surface area (Å²) < 4.78 is 5.50. The maximum absolute atomic E-state index is 13.2. The quantitative estimate of drug-likeness (QED) is 0.848. The number of thiazole rings is 1. The molecule has 0 unspecified atom stereocenters. The zero-order valence-corrected chi connectivity index (χ0v) is 16.2. The first-order valence-electron chi connectivity index (χ1n) is 9.60. The highest BCUT2D eigenvalue weighted by molar-refractivity contribution is 7.13. The topological polar surface area (TPSA) is 80.2 Å². The van der Waals surface area contributed by atoms with Gasteiger partial charge in [-0.3, -0.25) is 19.7 Å². The Morgan fingerprint density at radius 1 is 1.22 bits per heavy atom. The lowest BCUT2D eigenvalue weighted by Crippen LogP contribution is -2.62. The van der Waals surface area contributed by atoms with Gasteiger partial charge in [-0.25, -0.2) is 4.98 Å². The SMILES string of the molecule is O=C(NCc1csc(-c2cnccn2)n1)C1(N2CCOCC2)CCCCC1. The summed E-state index contributed by atoms with van der Waals surface area (Å²) >= 11 is 1.53. The molecule has 144 valence electrons. The van der Waals surface area contributed by atoms with Crippen LogP contribution < -0.4 is 5.32 Å². The number of rotatable bonds is 5. The maximum Gasteiger partial charge on any atom is 0.240 e. The van der Waals surface area contributed by atoms with Crippen molar-refractivity contribution in [1.29, 1.82) is 0 Å². The van der Waals surface area contributed by atoms with Crippen molar-refractivity contribution in [3.05, 3.63) is 29.7 Å². The predicted molar refractivity (Wildman–Crippen MR) is 103 cm³/mol. The molecule has 27 heavy (non-hydrogen) atoms. The van der Waals surface area contributed by atoms with Gasteiger partial charge in [0.1, 0.15) is 16.2 Å². The second-order valence-electron chi connectivity index (χ2n) is 7.11. The summed E-state index contributed by atoms with van der Waals surface area (Å²) in [5, 5.41) is 5.96. The molecule has 3 heterocycles. The third-order valence-corrected chi connectivity index (χ3v) is 6.40. The minimum atomic E-state index is -0.383. The molecule has 0 atom stereocenters. The van der Waals surface area contributed by atoms with Gasteiger partial charge >= 0.3 is 0 Å². The fraction of sp³-hybridized carbons (Fsp3) is 0.579. The fourth-order valence-corrected chi connectivity index (χ4v) is 4.85. The molecule has 7 nitrogen and oxygen atoms in total. The lowest BCUT2D eigenvalue weighted by molar-refractivity contribution is -0.140. The van der Waals surface area contributed by atoms with Crippen molar-refractivity contribution in [1.82, 2.24) is 25.2 Å². The maximum atomic E-state index is 13.2. The van der Waals surface area contributed by atoms with Gasteiger partial charge in [-0.05, 0) is 12.8 Å². The minimum absolute atomic E-state index is 0.137. The van der Waals surface area contributed by atoms with E-state index >= 15 is 0 Å². The van der Waals surface area contributed by atoms with Crippen molar-refractivity contribution >= 4 is 17.2 Å². The van der Waals surface area contributed by atoms with Crippen molar-refractivity contribution < 1.29 is 9.53 Å². The number of hydrogen-bond donors (Lipinski definition) is 1. The van der Waals surface area contributed by atoms with E-state index in [0.717, 1.165) is 55.2 Å². The van der Waals surface area contributed by atoms with Crippen LogP contribution in [0.1, 0.15) is 37.8 Å². The fourth-order valence-electron chi connectivity index (χ4n) is 4.07. The third kappa shape index (κ3) is 4.02. The van der Waals surface area contributed by atoms with Crippen LogP contribution in [0.4, 0.5) is 0 Å². The van der Waals surface area contributed by atoms with Gasteiger partial charge in [-0.1, -0.05) is 19.3 Å². The van der Waals surface area contributed by atoms with Crippen molar-refractivity contribution in [3.63, 3.8) is 0 Å². The highest BCUT2D eigenvalue weighted by Gasteiger charge is 2.44. The molecule has 1 saturated heterocycles. The lowest BCUT2D eigenvalue weighted by Gasteiger charge is -2.46. The van der Waals surface area contributed by atoms with E-state index in [9.17, 15) is 4.79 Å². The van der Waals surface area contributed by atoms with E-state index in [0.29, 0.717) is 19.8 Å². The molecule has 1 N–H and O–H groups in total. The zero-order chi connectivity index (χ0) is 18.5. The van der Waals surface area contributed by atoms with Crippen LogP contribution in [0.15, 0.2) is 24.0 Å². The largest absolute Gasteiger partial charge is 0.379 e. The molecule has 2 aromatic rings. The number of carbonyl (C=O) groups is 1. The van der Waals surface area contributed by atoms with Crippen LogP contribution in [-0.2, 0) is 16.1 Å². The van der Waals surface area contributed by atoms with Gasteiger partial charge in [0.05, 0.1) is 31.6 Å². The molecule has 2 fully saturated rings. The molecule has 0 bridgehead atoms. The van der Waals surface area contributed by atoms with Gasteiger partial charge in [-0.2, -0.15) is 0 Å². The van der Waals surface area contributed by atoms with Gasteiger partial charge in [0, 0.05) is 30.9 Å². The summed E-state index contributed by atoms with van der Waals surface area (Å²) in [6.07, 6.45) is 10.3. The Morgan fingerprint density at radius 3 is 2.78 bits per heavy atom. The van der Waals surface area contributed by atoms with Crippen molar-refractivity contribution in [2.45, 2.75) is 44.2 Å². The van der Waals surface area contributed by atoms with Gasteiger partial charge in [0.15, 0.2) is 0 Å². The Morgan fingerprint density at radius 2 is 2.04 bits per heavy atom. The summed E-state index contributed by atoms with van der Waals surface area (Å²) in [5.74, 6) is 0.137. The molecule has 1 aliphatic carbocycles. The van der Waals surface area contributed by atoms with Gasteiger partial charge in [0.25, 0.3) is 0 Å². The van der Waals surface area contributed by atoms with Gasteiger partial charge in [-0.15, -0.1) is 11.3 Å². The molecule has 1 amide bonds. The summed E-state index contributed by atoms with van der Waals surface area (Å²) in [6, 6.07) is 0. The average Bonchev–Trinajstić information content (AvgIpc) is 3.23. The molecular weight excluding hydrogens is 362 g/mol. The number of nitrogens with zero attached hydrogens (tertiary/aromatic N) is 4. The molecule has 0 radical (unpaired) electrons. The monoisotopic (exact) mass is 387 g/mol. The Hall–Kier alpha value is -1.90. The number of aromatic nitrogens is 3. The molecule has 0 aromatic carbocycles. The van der Waals surface area contributed by atoms with Crippen LogP contribution in [0.3, 0.4) is 0 Å². The van der Waals surface area contributed by atoms with Gasteiger partial charge in [0.2, 0.25) is 5.91 Å². The van der Waals surface area contributed by atoms with Crippen molar-refractivity contribution in [3.8, 4) is 10.7 Å². The molecule has 1 aliphatic heterocycles. The number of ether oxygens (including phenoxy) is 1. The molecule has 4 rings (SSSR count). The molecule has 2 aliphatic rings. The van der Waals surface area contributed by atoms with Crippen LogP contribution in [0.25, 0.3) is 10.7 Å². The molecule has 0 spiro atoms. The van der Waals surface area contributed by atoms with Crippen LogP contribution in [-0.4, -0.2) is 57.6 Å². The van der Waals surface area contributed by atoms with Crippen LogP contribution in [0, 0.1) is 0 Å². The Bertz CT molecular complexity index is 754. The number of carbonyl (C=O) groups excluding carboxylic acids is 1. The first kappa shape index (κ1) is 18.5. The predicted octanol–water partition coefficient (Wildman–Crippen LogP) is 2.25. The number of amides is 1. The highest BCUT2D eigenvalue weighted by Crippen LogP contribution is 2.34. The highest BCUT2D eigenvalue weighted by atomic mass is 32.1. The first-order chi connectivity index (χ1) is 13.3. The smallest absolute Gasteiger partial charge is 0.240 e. The van der Waals surface area contributed by atoms with E-state index in [1.165, 1.54) is 17.8 Å². The van der Waals surface area contributed by atoms with Crippen LogP contribution in [0.2, 0.25) is 0 Å². The molecular formula is C19H25N5O2S. The van der Waals surface area contributed by atoms with E-state index in [1.54, 1.807) is 18.6 Å². The van der Waals surface area contributed by atoms with Crippen LogP contribution in [0.5, 0.6) is 0 Å². The number of hydrogen-bond acceptors (Lipinski definition) is 7. The number of morpholine rings is 1.